The van der Waals surface area contributed by atoms with E-state index in [1.165, 1.54) is 0 Å². The van der Waals surface area contributed by atoms with Gasteiger partial charge in [0.05, 0.1) is 17.0 Å². The Morgan fingerprint density at radius 2 is 2.42 bits per heavy atom. The molecule has 2 rings (SSSR count). The third kappa shape index (κ3) is 3.92. The van der Waals surface area contributed by atoms with Gasteiger partial charge in [0, 0.05) is 31.7 Å². The van der Waals surface area contributed by atoms with E-state index in [2.05, 4.69) is 31.3 Å². The standard InChI is InChI=1S/C12H16BrN5O/c1-10(18-8-11(13)7-16-18)12(19)15-3-2-5-17-6-4-14-9-17/h4,6-10H,2-3,5H2,1H3,(H,15,19)/t10-/m1/s1. The zero-order valence-electron chi connectivity index (χ0n) is 10.7. The lowest BCUT2D eigenvalue weighted by molar-refractivity contribution is -0.124. The molecular formula is C12H16BrN5O. The SMILES string of the molecule is C[C@H](C(=O)NCCCn1ccnc1)n1cc(Br)cn1. The Morgan fingerprint density at radius 3 is 3.05 bits per heavy atom. The number of rotatable bonds is 6. The summed E-state index contributed by atoms with van der Waals surface area (Å²) < 4.78 is 4.49. The summed E-state index contributed by atoms with van der Waals surface area (Å²) in [5, 5.41) is 7.01. The van der Waals surface area contributed by atoms with E-state index in [1.807, 2.05) is 17.7 Å². The Labute approximate surface area is 120 Å². The smallest absolute Gasteiger partial charge is 0.244 e. The molecule has 1 amide bonds. The van der Waals surface area contributed by atoms with Crippen molar-refractivity contribution in [2.45, 2.75) is 25.9 Å². The maximum absolute atomic E-state index is 11.9. The molecule has 102 valence electrons. The Morgan fingerprint density at radius 1 is 1.58 bits per heavy atom. The number of hydrogen-bond acceptors (Lipinski definition) is 3. The summed E-state index contributed by atoms with van der Waals surface area (Å²) >= 11 is 3.31. The lowest BCUT2D eigenvalue weighted by Crippen LogP contribution is -2.32. The molecule has 0 saturated carbocycles. The van der Waals surface area contributed by atoms with Crippen molar-refractivity contribution >= 4 is 21.8 Å². The van der Waals surface area contributed by atoms with Crippen LogP contribution in [0.15, 0.2) is 35.6 Å². The first-order chi connectivity index (χ1) is 9.16. The maximum atomic E-state index is 11.9. The van der Waals surface area contributed by atoms with Gasteiger partial charge >= 0.3 is 0 Å². The zero-order chi connectivity index (χ0) is 13.7. The fourth-order valence-corrected chi connectivity index (χ4v) is 1.99. The Kier molecular flexibility index (Phi) is 4.73. The summed E-state index contributed by atoms with van der Waals surface area (Å²) in [6.07, 6.45) is 9.75. The first kappa shape index (κ1) is 13.8. The van der Waals surface area contributed by atoms with E-state index in [9.17, 15) is 4.79 Å². The van der Waals surface area contributed by atoms with Crippen LogP contribution >= 0.6 is 15.9 Å². The number of aryl methyl sites for hydroxylation is 1. The predicted molar refractivity (Wildman–Crippen MR) is 74.5 cm³/mol. The van der Waals surface area contributed by atoms with Gasteiger partial charge in [0.2, 0.25) is 5.91 Å². The third-order valence-corrected chi connectivity index (χ3v) is 3.21. The van der Waals surface area contributed by atoms with E-state index >= 15 is 0 Å². The number of amides is 1. The molecule has 0 fully saturated rings. The van der Waals surface area contributed by atoms with Gasteiger partial charge in [-0.05, 0) is 29.3 Å². The third-order valence-electron chi connectivity index (χ3n) is 2.80. The summed E-state index contributed by atoms with van der Waals surface area (Å²) in [6, 6.07) is -0.306. The Hall–Kier alpha value is -1.63. The van der Waals surface area contributed by atoms with Gasteiger partial charge in [-0.25, -0.2) is 4.98 Å². The molecular weight excluding hydrogens is 310 g/mol. The highest BCUT2D eigenvalue weighted by molar-refractivity contribution is 9.10. The van der Waals surface area contributed by atoms with Crippen LogP contribution in [0.3, 0.4) is 0 Å². The van der Waals surface area contributed by atoms with Gasteiger partial charge in [-0.2, -0.15) is 5.10 Å². The van der Waals surface area contributed by atoms with Gasteiger partial charge in [0.1, 0.15) is 6.04 Å². The highest BCUT2D eigenvalue weighted by Crippen LogP contribution is 2.11. The number of carbonyl (C=O) groups excluding carboxylic acids is 1. The molecule has 0 aliphatic heterocycles. The van der Waals surface area contributed by atoms with Crippen LogP contribution in [0.25, 0.3) is 0 Å². The molecule has 0 spiro atoms. The highest BCUT2D eigenvalue weighted by Gasteiger charge is 2.14. The van der Waals surface area contributed by atoms with Crippen LogP contribution < -0.4 is 5.32 Å². The molecule has 19 heavy (non-hydrogen) atoms. The highest BCUT2D eigenvalue weighted by atomic mass is 79.9. The van der Waals surface area contributed by atoms with Gasteiger partial charge in [-0.3, -0.25) is 9.48 Å². The van der Waals surface area contributed by atoms with Crippen molar-refractivity contribution in [2.75, 3.05) is 6.54 Å². The molecule has 2 aromatic rings. The molecule has 0 bridgehead atoms. The Bertz CT molecular complexity index is 522. The van der Waals surface area contributed by atoms with E-state index < -0.39 is 0 Å². The van der Waals surface area contributed by atoms with E-state index in [0.29, 0.717) is 6.54 Å². The normalized spacial score (nSPS) is 12.3. The van der Waals surface area contributed by atoms with Crippen molar-refractivity contribution < 1.29 is 4.79 Å². The fraction of sp³-hybridized carbons (Fsp3) is 0.417. The average molecular weight is 326 g/mol. The summed E-state index contributed by atoms with van der Waals surface area (Å²) in [7, 11) is 0. The second-order valence-corrected chi connectivity index (χ2v) is 5.18. The molecule has 2 aromatic heterocycles. The molecule has 7 heteroatoms. The lowest BCUT2D eigenvalue weighted by Gasteiger charge is -2.12. The van der Waals surface area contributed by atoms with Gasteiger partial charge in [0.15, 0.2) is 0 Å². The van der Waals surface area contributed by atoms with Gasteiger partial charge < -0.3 is 9.88 Å². The number of aromatic nitrogens is 4. The molecule has 0 saturated heterocycles. The topological polar surface area (TPSA) is 64.7 Å². The largest absolute Gasteiger partial charge is 0.354 e. The molecule has 1 atom stereocenters. The number of nitrogens with zero attached hydrogens (tertiary/aromatic N) is 4. The van der Waals surface area contributed by atoms with Gasteiger partial charge in [0.25, 0.3) is 0 Å². The first-order valence-corrected chi connectivity index (χ1v) is 6.89. The lowest BCUT2D eigenvalue weighted by atomic mass is 10.3. The van der Waals surface area contributed by atoms with Crippen molar-refractivity contribution in [3.63, 3.8) is 0 Å². The molecule has 0 radical (unpaired) electrons. The van der Waals surface area contributed by atoms with Crippen LogP contribution in [-0.4, -0.2) is 31.8 Å². The number of carbonyl (C=O) groups is 1. The summed E-state index contributed by atoms with van der Waals surface area (Å²) in [5.41, 5.74) is 0. The quantitative estimate of drug-likeness (QED) is 0.820. The minimum atomic E-state index is -0.306. The molecule has 0 aromatic carbocycles. The molecule has 0 unspecified atom stereocenters. The molecule has 6 nitrogen and oxygen atoms in total. The van der Waals surface area contributed by atoms with E-state index in [1.54, 1.807) is 29.6 Å². The molecule has 0 aliphatic rings. The minimum absolute atomic E-state index is 0.0266. The van der Waals surface area contributed by atoms with Crippen LogP contribution in [0, 0.1) is 0 Å². The fourth-order valence-electron chi connectivity index (χ4n) is 1.69. The zero-order valence-corrected chi connectivity index (χ0v) is 12.2. The van der Waals surface area contributed by atoms with E-state index in [4.69, 9.17) is 0 Å². The van der Waals surface area contributed by atoms with Crippen molar-refractivity contribution in [1.29, 1.82) is 0 Å². The Balaban J connectivity index is 1.72. The van der Waals surface area contributed by atoms with Crippen LogP contribution in [0.1, 0.15) is 19.4 Å². The van der Waals surface area contributed by atoms with Crippen LogP contribution in [0.4, 0.5) is 0 Å². The van der Waals surface area contributed by atoms with Gasteiger partial charge in [-0.1, -0.05) is 0 Å². The second-order valence-electron chi connectivity index (χ2n) is 4.26. The number of nitrogens with one attached hydrogen (secondary N) is 1. The second kappa shape index (κ2) is 6.51. The van der Waals surface area contributed by atoms with Crippen LogP contribution in [0.5, 0.6) is 0 Å². The predicted octanol–water partition coefficient (Wildman–Crippen LogP) is 1.61. The minimum Gasteiger partial charge on any atom is -0.354 e. The molecule has 1 N–H and O–H groups in total. The van der Waals surface area contributed by atoms with Crippen molar-refractivity contribution in [1.82, 2.24) is 24.6 Å². The van der Waals surface area contributed by atoms with Crippen molar-refractivity contribution in [3.8, 4) is 0 Å². The number of imidazole rings is 1. The summed E-state index contributed by atoms with van der Waals surface area (Å²) in [6.45, 7) is 3.32. The van der Waals surface area contributed by atoms with Crippen LogP contribution in [-0.2, 0) is 11.3 Å². The van der Waals surface area contributed by atoms with Gasteiger partial charge in [-0.15, -0.1) is 0 Å². The summed E-state index contributed by atoms with van der Waals surface area (Å²) in [4.78, 5) is 15.9. The maximum Gasteiger partial charge on any atom is 0.244 e. The van der Waals surface area contributed by atoms with E-state index in [0.717, 1.165) is 17.4 Å². The van der Waals surface area contributed by atoms with E-state index in [-0.39, 0.29) is 11.9 Å². The van der Waals surface area contributed by atoms with Crippen molar-refractivity contribution in [3.05, 3.63) is 35.6 Å². The average Bonchev–Trinajstić information content (AvgIpc) is 3.04. The monoisotopic (exact) mass is 325 g/mol. The summed E-state index contributed by atoms with van der Waals surface area (Å²) in [5.74, 6) is -0.0266. The molecule has 0 aliphatic carbocycles. The number of halogens is 1. The van der Waals surface area contributed by atoms with Crippen molar-refractivity contribution in [2.24, 2.45) is 0 Å². The number of hydrogen-bond donors (Lipinski definition) is 1. The first-order valence-electron chi connectivity index (χ1n) is 6.10. The van der Waals surface area contributed by atoms with Crippen LogP contribution in [0.2, 0.25) is 0 Å². The molecule has 2 heterocycles.